The molecule has 1 heterocycles. The highest BCUT2D eigenvalue weighted by Gasteiger charge is 2.19. The van der Waals surface area contributed by atoms with Crippen LogP contribution in [0.2, 0.25) is 5.02 Å². The average molecular weight is 352 g/mol. The van der Waals surface area contributed by atoms with E-state index < -0.39 is 19.1 Å². The Labute approximate surface area is 140 Å². The third-order valence-corrected chi connectivity index (χ3v) is 3.67. The van der Waals surface area contributed by atoms with Crippen LogP contribution in [0.3, 0.4) is 0 Å². The number of rotatable bonds is 4. The Morgan fingerprint density at radius 2 is 2.04 bits per heavy atom. The highest BCUT2D eigenvalue weighted by Crippen LogP contribution is 2.24. The number of benzene rings is 2. The Morgan fingerprint density at radius 3 is 2.75 bits per heavy atom. The first-order valence-corrected chi connectivity index (χ1v) is 7.31. The van der Waals surface area contributed by atoms with Gasteiger partial charge in [-0.25, -0.2) is 9.78 Å². The second-order valence-corrected chi connectivity index (χ2v) is 5.41. The predicted octanol–water partition coefficient (Wildman–Crippen LogP) is 4.02. The standard InChI is InChI=1S/C16H12ClF2N3O2/c17-9-5-6-10(11(20)7-9)15(23)24-8-14-21-12-3-1-2-4-13(12)22(14)16(18)19/h1-7,16H,8,20H2. The number of anilines is 1. The SMILES string of the molecule is Nc1cc(Cl)ccc1C(=O)OCc1nc2ccccc2n1C(F)F. The molecule has 8 heteroatoms. The molecule has 0 atom stereocenters. The zero-order chi connectivity index (χ0) is 17.3. The lowest BCUT2D eigenvalue weighted by Gasteiger charge is -2.09. The van der Waals surface area contributed by atoms with E-state index in [1.165, 1.54) is 24.3 Å². The van der Waals surface area contributed by atoms with E-state index in [4.69, 9.17) is 22.1 Å². The quantitative estimate of drug-likeness (QED) is 0.569. The van der Waals surface area contributed by atoms with Crippen LogP contribution < -0.4 is 5.73 Å². The highest BCUT2D eigenvalue weighted by molar-refractivity contribution is 6.31. The Kier molecular flexibility index (Phi) is 4.35. The first kappa shape index (κ1) is 16.2. The molecule has 0 bridgehead atoms. The molecule has 0 amide bonds. The van der Waals surface area contributed by atoms with Crippen molar-refractivity contribution in [2.24, 2.45) is 0 Å². The number of nitrogens with zero attached hydrogens (tertiary/aromatic N) is 2. The van der Waals surface area contributed by atoms with Crippen molar-refractivity contribution in [1.29, 1.82) is 0 Å². The van der Waals surface area contributed by atoms with Gasteiger partial charge in [-0.1, -0.05) is 23.7 Å². The van der Waals surface area contributed by atoms with Crippen molar-refractivity contribution in [3.05, 3.63) is 58.9 Å². The smallest absolute Gasteiger partial charge is 0.340 e. The van der Waals surface area contributed by atoms with E-state index in [9.17, 15) is 13.6 Å². The van der Waals surface area contributed by atoms with Crippen LogP contribution >= 0.6 is 11.6 Å². The fourth-order valence-electron chi connectivity index (χ4n) is 2.34. The molecule has 0 radical (unpaired) electrons. The summed E-state index contributed by atoms with van der Waals surface area (Å²) in [5.74, 6) is -0.788. The van der Waals surface area contributed by atoms with Gasteiger partial charge in [-0.05, 0) is 30.3 Å². The molecule has 24 heavy (non-hydrogen) atoms. The third kappa shape index (κ3) is 3.03. The second-order valence-electron chi connectivity index (χ2n) is 4.97. The minimum absolute atomic E-state index is 0.0490. The minimum Gasteiger partial charge on any atom is -0.454 e. The largest absolute Gasteiger partial charge is 0.454 e. The van der Waals surface area contributed by atoms with Crippen molar-refractivity contribution in [1.82, 2.24) is 9.55 Å². The van der Waals surface area contributed by atoms with Gasteiger partial charge in [0, 0.05) is 10.7 Å². The zero-order valence-corrected chi connectivity index (χ0v) is 13.0. The van der Waals surface area contributed by atoms with Gasteiger partial charge in [0.2, 0.25) is 0 Å². The Hall–Kier alpha value is -2.67. The summed E-state index contributed by atoms with van der Waals surface area (Å²) in [6.07, 6.45) is 0. The normalized spacial score (nSPS) is 11.2. The summed E-state index contributed by atoms with van der Waals surface area (Å²) in [7, 11) is 0. The topological polar surface area (TPSA) is 70.1 Å². The van der Waals surface area contributed by atoms with Crippen LogP contribution in [0.1, 0.15) is 22.7 Å². The predicted molar refractivity (Wildman–Crippen MR) is 86.0 cm³/mol. The monoisotopic (exact) mass is 351 g/mol. The van der Waals surface area contributed by atoms with E-state index in [1.807, 2.05) is 0 Å². The number of hydrogen-bond donors (Lipinski definition) is 1. The summed E-state index contributed by atoms with van der Waals surface area (Å²) in [5.41, 5.74) is 6.63. The molecular formula is C16H12ClF2N3O2. The van der Waals surface area contributed by atoms with E-state index in [-0.39, 0.29) is 22.6 Å². The molecule has 2 N–H and O–H groups in total. The van der Waals surface area contributed by atoms with E-state index in [2.05, 4.69) is 4.98 Å². The van der Waals surface area contributed by atoms with Gasteiger partial charge in [0.25, 0.3) is 0 Å². The van der Waals surface area contributed by atoms with Crippen molar-refractivity contribution in [2.45, 2.75) is 13.2 Å². The summed E-state index contributed by atoms with van der Waals surface area (Å²) < 4.78 is 32.4. The fourth-order valence-corrected chi connectivity index (χ4v) is 2.52. The summed E-state index contributed by atoms with van der Waals surface area (Å²) in [4.78, 5) is 16.2. The van der Waals surface area contributed by atoms with Crippen LogP contribution in [0.15, 0.2) is 42.5 Å². The molecule has 5 nitrogen and oxygen atoms in total. The van der Waals surface area contributed by atoms with Crippen LogP contribution in [-0.2, 0) is 11.3 Å². The third-order valence-electron chi connectivity index (χ3n) is 3.43. The average Bonchev–Trinajstić information content (AvgIpc) is 2.91. The molecule has 0 fully saturated rings. The maximum absolute atomic E-state index is 13.3. The van der Waals surface area contributed by atoms with Gasteiger partial charge >= 0.3 is 12.5 Å². The van der Waals surface area contributed by atoms with Gasteiger partial charge in [-0.15, -0.1) is 0 Å². The number of nitrogens with two attached hydrogens (primary N) is 1. The van der Waals surface area contributed by atoms with Crippen molar-refractivity contribution in [3.8, 4) is 0 Å². The lowest BCUT2D eigenvalue weighted by atomic mass is 10.2. The molecule has 0 unspecified atom stereocenters. The Morgan fingerprint density at radius 1 is 1.29 bits per heavy atom. The van der Waals surface area contributed by atoms with Crippen LogP contribution in [0.5, 0.6) is 0 Å². The van der Waals surface area contributed by atoms with Gasteiger partial charge in [0.15, 0.2) is 5.82 Å². The van der Waals surface area contributed by atoms with Crippen molar-refractivity contribution >= 4 is 34.3 Å². The molecule has 0 aliphatic heterocycles. The number of imidazole rings is 1. The fraction of sp³-hybridized carbons (Fsp3) is 0.125. The van der Waals surface area contributed by atoms with E-state index in [1.54, 1.807) is 18.2 Å². The van der Waals surface area contributed by atoms with Gasteiger partial charge in [0.1, 0.15) is 6.61 Å². The van der Waals surface area contributed by atoms with Gasteiger partial charge in [0.05, 0.1) is 16.6 Å². The molecule has 0 spiro atoms. The number of hydrogen-bond acceptors (Lipinski definition) is 4. The summed E-state index contributed by atoms with van der Waals surface area (Å²) in [5, 5.41) is 0.378. The molecule has 1 aromatic heterocycles. The number of aromatic nitrogens is 2. The van der Waals surface area contributed by atoms with Gasteiger partial charge in [-0.2, -0.15) is 8.78 Å². The van der Waals surface area contributed by atoms with Crippen molar-refractivity contribution in [2.75, 3.05) is 5.73 Å². The number of halogens is 3. The van der Waals surface area contributed by atoms with Crippen LogP contribution in [0.25, 0.3) is 11.0 Å². The van der Waals surface area contributed by atoms with E-state index in [0.29, 0.717) is 10.5 Å². The van der Waals surface area contributed by atoms with Crippen LogP contribution in [0, 0.1) is 0 Å². The molecule has 0 aliphatic carbocycles. The molecule has 0 saturated carbocycles. The molecular weight excluding hydrogens is 340 g/mol. The summed E-state index contributed by atoms with van der Waals surface area (Å²) in [6, 6.07) is 10.8. The number of nitrogen functional groups attached to an aromatic ring is 1. The van der Waals surface area contributed by atoms with Gasteiger partial charge in [-0.3, -0.25) is 4.57 Å². The first-order chi connectivity index (χ1) is 11.5. The highest BCUT2D eigenvalue weighted by atomic mass is 35.5. The summed E-state index contributed by atoms with van der Waals surface area (Å²) >= 11 is 5.77. The van der Waals surface area contributed by atoms with Crippen LogP contribution in [-0.4, -0.2) is 15.5 Å². The molecule has 3 rings (SSSR count). The Bertz CT molecular complexity index is 911. The number of ether oxygens (including phenoxy) is 1. The summed E-state index contributed by atoms with van der Waals surface area (Å²) in [6.45, 7) is -3.20. The van der Waals surface area contributed by atoms with E-state index in [0.717, 1.165) is 4.57 Å². The number of carbonyl (C=O) groups excluding carboxylic acids is 1. The first-order valence-electron chi connectivity index (χ1n) is 6.93. The number of fused-ring (bicyclic) bond motifs is 1. The van der Waals surface area contributed by atoms with Crippen molar-refractivity contribution < 1.29 is 18.3 Å². The number of para-hydroxylation sites is 2. The van der Waals surface area contributed by atoms with Gasteiger partial charge < -0.3 is 10.5 Å². The second kappa shape index (κ2) is 6.45. The molecule has 0 saturated heterocycles. The maximum atomic E-state index is 13.3. The molecule has 3 aromatic rings. The molecule has 2 aromatic carbocycles. The number of alkyl halides is 2. The maximum Gasteiger partial charge on any atom is 0.340 e. The number of esters is 1. The lowest BCUT2D eigenvalue weighted by molar-refractivity contribution is 0.0388. The zero-order valence-electron chi connectivity index (χ0n) is 12.2. The van der Waals surface area contributed by atoms with E-state index >= 15 is 0 Å². The number of carbonyl (C=O) groups is 1. The lowest BCUT2D eigenvalue weighted by Crippen LogP contribution is -2.12. The molecule has 0 aliphatic rings. The molecule has 124 valence electrons. The van der Waals surface area contributed by atoms with Crippen LogP contribution in [0.4, 0.5) is 14.5 Å². The Balaban J connectivity index is 1.85. The van der Waals surface area contributed by atoms with Crippen molar-refractivity contribution in [3.63, 3.8) is 0 Å². The minimum atomic E-state index is -2.80.